The number of nitrogens with two attached hydrogens (primary N) is 1. The number of carbonyl (C=O) groups is 1. The first kappa shape index (κ1) is 14.5. The van der Waals surface area contributed by atoms with Crippen LogP contribution in [0.2, 0.25) is 0 Å². The molecule has 0 aliphatic carbocycles. The van der Waals surface area contributed by atoms with Gasteiger partial charge in [-0.15, -0.1) is 0 Å². The number of likely N-dealkylation sites (tertiary alicyclic amines) is 1. The maximum atomic E-state index is 12.6. The van der Waals surface area contributed by atoms with Crippen molar-refractivity contribution in [2.45, 2.75) is 32.7 Å². The van der Waals surface area contributed by atoms with Crippen LogP contribution in [0, 0.1) is 12.8 Å². The van der Waals surface area contributed by atoms with E-state index in [4.69, 9.17) is 5.73 Å². The first-order valence-electron chi connectivity index (χ1n) is 6.80. The maximum absolute atomic E-state index is 12.6. The molecule has 4 heteroatoms. The van der Waals surface area contributed by atoms with Crippen LogP contribution in [0.4, 0.5) is 0 Å². The van der Waals surface area contributed by atoms with Crippen molar-refractivity contribution < 1.29 is 4.79 Å². The average molecular weight is 325 g/mol. The Morgan fingerprint density at radius 1 is 1.53 bits per heavy atom. The first-order chi connectivity index (χ1) is 9.00. The second-order valence-corrected chi connectivity index (χ2v) is 6.24. The van der Waals surface area contributed by atoms with E-state index in [0.29, 0.717) is 5.92 Å². The molecule has 1 fully saturated rings. The summed E-state index contributed by atoms with van der Waals surface area (Å²) in [5, 5.41) is 0. The lowest BCUT2D eigenvalue weighted by atomic mass is 9.92. The topological polar surface area (TPSA) is 46.3 Å². The Balaban J connectivity index is 2.17. The number of hydrogen-bond donors (Lipinski definition) is 1. The summed E-state index contributed by atoms with van der Waals surface area (Å²) in [4.78, 5) is 14.5. The van der Waals surface area contributed by atoms with Crippen molar-refractivity contribution in [1.29, 1.82) is 0 Å². The van der Waals surface area contributed by atoms with Crippen molar-refractivity contribution in [3.05, 3.63) is 33.8 Å². The van der Waals surface area contributed by atoms with E-state index in [1.54, 1.807) is 0 Å². The third-order valence-corrected chi connectivity index (χ3v) is 4.96. The van der Waals surface area contributed by atoms with Gasteiger partial charge in [0.05, 0.1) is 5.56 Å². The Labute approximate surface area is 123 Å². The van der Waals surface area contributed by atoms with E-state index in [0.717, 1.165) is 41.5 Å². The van der Waals surface area contributed by atoms with Gasteiger partial charge in [-0.25, -0.2) is 0 Å². The molecule has 104 valence electrons. The van der Waals surface area contributed by atoms with Crippen LogP contribution in [0.15, 0.2) is 22.7 Å². The number of nitrogens with zero attached hydrogens (tertiary/aromatic N) is 1. The second kappa shape index (κ2) is 6.06. The number of amides is 1. The van der Waals surface area contributed by atoms with E-state index in [-0.39, 0.29) is 11.9 Å². The van der Waals surface area contributed by atoms with Gasteiger partial charge in [-0.1, -0.05) is 12.1 Å². The van der Waals surface area contributed by atoms with E-state index >= 15 is 0 Å². The van der Waals surface area contributed by atoms with Gasteiger partial charge in [0.1, 0.15) is 0 Å². The van der Waals surface area contributed by atoms with Crippen LogP contribution >= 0.6 is 15.9 Å². The molecule has 19 heavy (non-hydrogen) atoms. The van der Waals surface area contributed by atoms with Crippen LogP contribution in [0.1, 0.15) is 35.7 Å². The monoisotopic (exact) mass is 324 g/mol. The summed E-state index contributed by atoms with van der Waals surface area (Å²) in [5.41, 5.74) is 7.82. The Bertz CT molecular complexity index is 473. The molecular weight excluding hydrogens is 304 g/mol. The molecule has 1 aliphatic rings. The van der Waals surface area contributed by atoms with E-state index in [9.17, 15) is 4.79 Å². The van der Waals surface area contributed by atoms with Crippen molar-refractivity contribution in [3.8, 4) is 0 Å². The molecule has 1 amide bonds. The van der Waals surface area contributed by atoms with Gasteiger partial charge in [-0.3, -0.25) is 4.79 Å². The Kier molecular flexibility index (Phi) is 4.63. The van der Waals surface area contributed by atoms with E-state index < -0.39 is 0 Å². The van der Waals surface area contributed by atoms with Crippen LogP contribution in [-0.4, -0.2) is 29.9 Å². The smallest absolute Gasteiger partial charge is 0.255 e. The van der Waals surface area contributed by atoms with Gasteiger partial charge >= 0.3 is 0 Å². The Morgan fingerprint density at radius 3 is 2.95 bits per heavy atom. The van der Waals surface area contributed by atoms with Gasteiger partial charge in [-0.05, 0) is 60.2 Å². The van der Waals surface area contributed by atoms with Crippen LogP contribution in [0.5, 0.6) is 0 Å². The summed E-state index contributed by atoms with van der Waals surface area (Å²) in [5.74, 6) is 0.530. The van der Waals surface area contributed by atoms with E-state index in [1.807, 2.05) is 36.9 Å². The number of rotatable bonds is 2. The highest BCUT2D eigenvalue weighted by Gasteiger charge is 2.27. The summed E-state index contributed by atoms with van der Waals surface area (Å²) in [7, 11) is 0. The SMILES string of the molecule is Cc1cccc(C(=O)N2CCCC(C(C)N)C2)c1Br. The number of carbonyl (C=O) groups excluding carboxylic acids is 1. The lowest BCUT2D eigenvalue weighted by molar-refractivity contribution is 0.0660. The fourth-order valence-corrected chi connectivity index (χ4v) is 3.04. The Morgan fingerprint density at radius 2 is 2.26 bits per heavy atom. The molecule has 1 aliphatic heterocycles. The minimum Gasteiger partial charge on any atom is -0.338 e. The minimum atomic E-state index is 0.112. The molecule has 2 N–H and O–H groups in total. The largest absolute Gasteiger partial charge is 0.338 e. The molecule has 1 aromatic rings. The summed E-state index contributed by atoms with van der Waals surface area (Å²) >= 11 is 3.52. The fraction of sp³-hybridized carbons (Fsp3) is 0.533. The third kappa shape index (κ3) is 3.18. The molecule has 3 nitrogen and oxygen atoms in total. The average Bonchev–Trinajstić information content (AvgIpc) is 2.41. The lowest BCUT2D eigenvalue weighted by Gasteiger charge is -2.35. The summed E-state index contributed by atoms with van der Waals surface area (Å²) in [6.07, 6.45) is 2.16. The quantitative estimate of drug-likeness (QED) is 0.909. The molecule has 0 aromatic heterocycles. The molecule has 2 unspecified atom stereocenters. The molecule has 1 saturated heterocycles. The molecular formula is C15H21BrN2O. The van der Waals surface area contributed by atoms with E-state index in [2.05, 4.69) is 15.9 Å². The molecule has 1 heterocycles. The van der Waals surface area contributed by atoms with E-state index in [1.165, 1.54) is 0 Å². The van der Waals surface area contributed by atoms with Crippen LogP contribution in [-0.2, 0) is 0 Å². The van der Waals surface area contributed by atoms with Gasteiger partial charge < -0.3 is 10.6 Å². The fourth-order valence-electron chi connectivity index (χ4n) is 2.61. The zero-order valence-corrected chi connectivity index (χ0v) is 13.1. The Hall–Kier alpha value is -0.870. The molecule has 0 spiro atoms. The second-order valence-electron chi connectivity index (χ2n) is 5.45. The zero-order valence-electron chi connectivity index (χ0n) is 11.5. The first-order valence-corrected chi connectivity index (χ1v) is 7.60. The van der Waals surface area contributed by atoms with Crippen LogP contribution in [0.3, 0.4) is 0 Å². The normalized spacial score (nSPS) is 21.3. The van der Waals surface area contributed by atoms with Gasteiger partial charge in [-0.2, -0.15) is 0 Å². The number of aryl methyl sites for hydroxylation is 1. The predicted molar refractivity (Wildman–Crippen MR) is 81.2 cm³/mol. The molecule has 0 saturated carbocycles. The molecule has 2 rings (SSSR count). The molecule has 2 atom stereocenters. The van der Waals surface area contributed by atoms with Crippen molar-refractivity contribution >= 4 is 21.8 Å². The molecule has 0 bridgehead atoms. The van der Waals surface area contributed by atoms with Crippen molar-refractivity contribution in [1.82, 2.24) is 4.90 Å². The number of benzene rings is 1. The zero-order chi connectivity index (χ0) is 14.0. The summed E-state index contributed by atoms with van der Waals surface area (Å²) in [6.45, 7) is 5.64. The highest BCUT2D eigenvalue weighted by molar-refractivity contribution is 9.10. The van der Waals surface area contributed by atoms with Crippen LogP contribution in [0.25, 0.3) is 0 Å². The number of halogens is 1. The van der Waals surface area contributed by atoms with Crippen molar-refractivity contribution in [3.63, 3.8) is 0 Å². The summed E-state index contributed by atoms with van der Waals surface area (Å²) in [6, 6.07) is 5.97. The van der Waals surface area contributed by atoms with Gasteiger partial charge in [0, 0.05) is 23.6 Å². The number of piperidine rings is 1. The summed E-state index contributed by atoms with van der Waals surface area (Å²) < 4.78 is 0.905. The van der Waals surface area contributed by atoms with Crippen molar-refractivity contribution in [2.24, 2.45) is 11.7 Å². The van der Waals surface area contributed by atoms with Gasteiger partial charge in [0.2, 0.25) is 0 Å². The predicted octanol–water partition coefficient (Wildman–Crippen LogP) is 2.96. The molecule has 0 radical (unpaired) electrons. The van der Waals surface area contributed by atoms with Crippen molar-refractivity contribution in [2.75, 3.05) is 13.1 Å². The van der Waals surface area contributed by atoms with Crippen LogP contribution < -0.4 is 5.73 Å². The lowest BCUT2D eigenvalue weighted by Crippen LogP contribution is -2.45. The third-order valence-electron chi connectivity index (χ3n) is 3.91. The highest BCUT2D eigenvalue weighted by Crippen LogP contribution is 2.25. The minimum absolute atomic E-state index is 0.112. The number of hydrogen-bond acceptors (Lipinski definition) is 2. The van der Waals surface area contributed by atoms with Gasteiger partial charge in [0.25, 0.3) is 5.91 Å². The molecule has 1 aromatic carbocycles. The standard InChI is InChI=1S/C15H21BrN2O/c1-10-5-3-7-13(14(10)16)15(19)18-8-4-6-12(9-18)11(2)17/h3,5,7,11-12H,4,6,8-9,17H2,1-2H3. The highest BCUT2D eigenvalue weighted by atomic mass is 79.9. The maximum Gasteiger partial charge on any atom is 0.255 e. The van der Waals surface area contributed by atoms with Gasteiger partial charge in [0.15, 0.2) is 0 Å².